The van der Waals surface area contributed by atoms with Crippen LogP contribution in [0.2, 0.25) is 0 Å². The summed E-state index contributed by atoms with van der Waals surface area (Å²) in [5, 5.41) is 34.2. The molecule has 10 rings (SSSR count). The number of amides is 2. The van der Waals surface area contributed by atoms with Gasteiger partial charge in [0.05, 0.1) is 55.2 Å². The predicted molar refractivity (Wildman–Crippen MR) is 295 cm³/mol. The molecule has 0 spiro atoms. The molecule has 2 saturated heterocycles. The van der Waals surface area contributed by atoms with Crippen molar-refractivity contribution in [2.45, 2.75) is 114 Å². The van der Waals surface area contributed by atoms with Gasteiger partial charge in [-0.3, -0.25) is 4.79 Å². The maximum absolute atomic E-state index is 12.8. The zero-order chi connectivity index (χ0) is 54.6. The smallest absolute Gasteiger partial charge is 0.410 e. The lowest BCUT2D eigenvalue weighted by molar-refractivity contribution is 0.0200. The topological polar surface area (TPSA) is 291 Å². The Morgan fingerprint density at radius 3 is 1.81 bits per heavy atom. The minimum Gasteiger partial charge on any atom is -0.464 e. The minimum absolute atomic E-state index is 0.000729. The maximum atomic E-state index is 12.8. The van der Waals surface area contributed by atoms with E-state index in [1.54, 1.807) is 11.1 Å². The van der Waals surface area contributed by atoms with Crippen LogP contribution in [0.15, 0.2) is 109 Å². The number of fused-ring (bicyclic) bond motifs is 2. The minimum atomic E-state index is -0.622. The average molecular weight is 1050 g/mol. The quantitative estimate of drug-likeness (QED) is 0.0718. The largest absolute Gasteiger partial charge is 0.464 e. The van der Waals surface area contributed by atoms with Crippen LogP contribution in [0.3, 0.4) is 0 Å². The highest BCUT2D eigenvalue weighted by Crippen LogP contribution is 2.33. The highest BCUT2D eigenvalue weighted by molar-refractivity contribution is 5.97. The van der Waals surface area contributed by atoms with Gasteiger partial charge in [0.15, 0.2) is 23.0 Å². The first kappa shape index (κ1) is 55.8. The first-order valence-corrected chi connectivity index (χ1v) is 26.3. The number of anilines is 2. The van der Waals surface area contributed by atoms with Gasteiger partial charge in [0.25, 0.3) is 5.91 Å². The van der Waals surface area contributed by atoms with Crippen LogP contribution < -0.4 is 38.5 Å². The normalized spacial score (nSPS) is 20.5. The van der Waals surface area contributed by atoms with Crippen molar-refractivity contribution in [2.24, 2.45) is 5.73 Å². The number of nitrogens with zero attached hydrogens (tertiary/aromatic N) is 5. The number of rotatable bonds is 11. The summed E-state index contributed by atoms with van der Waals surface area (Å²) in [6.07, 6.45) is 7.25. The summed E-state index contributed by atoms with van der Waals surface area (Å²) >= 11 is 0. The second-order valence-electron chi connectivity index (χ2n) is 20.9. The standard InChI is InChI=1S/C26H30N6O2.C22H22N4O3.C10H20N2O2/c27-25-24(26(34)31-19-8-4-10-28-14-19)32-21(15-30-25)18-7-3-5-16(11-18)13-29-23-20-9-2-1-6-17(20)12-22(23)33;1-29-22(28)20-21(23)25-12-17(26-20)15-7-4-5-13(9-15)11-24-19-16-8-3-2-6-14(16)10-18(19)27;1-10(2,3)14-9(13)12-6-4-5-8(11)7-12/h1-3,5-7,9,11,15,19,22-23,28-29,33H,4,8,10,12-14H2,(H2,27,30)(H,31,34);2-9,12,18-19,24,27H,10-11H2,1H3,(H2,23,25);8H,4-7,11H2,1-3H3/t19-,22-,23+;18-,19+;8-/m000/s1. The Balaban J connectivity index is 0.000000165. The fraction of sp³-hybridized carbons (Fsp3) is 0.397. The number of aromatic nitrogens is 4. The molecule has 4 aromatic carbocycles. The third-order valence-corrected chi connectivity index (χ3v) is 13.8. The summed E-state index contributed by atoms with van der Waals surface area (Å²) in [5.41, 5.74) is 26.8. The van der Waals surface area contributed by atoms with Gasteiger partial charge in [0.2, 0.25) is 0 Å². The van der Waals surface area contributed by atoms with Crippen LogP contribution in [0.4, 0.5) is 16.4 Å². The van der Waals surface area contributed by atoms with Gasteiger partial charge in [0, 0.05) is 68.8 Å². The van der Waals surface area contributed by atoms with E-state index in [4.69, 9.17) is 26.7 Å². The van der Waals surface area contributed by atoms with Crippen LogP contribution >= 0.6 is 0 Å². The summed E-state index contributed by atoms with van der Waals surface area (Å²) in [6, 6.07) is 31.9. The zero-order valence-electron chi connectivity index (χ0n) is 44.2. The summed E-state index contributed by atoms with van der Waals surface area (Å²) in [5.74, 6) is -0.764. The number of ether oxygens (including phenoxy) is 2. The molecule has 6 atom stereocenters. The predicted octanol–water partition coefficient (Wildman–Crippen LogP) is 5.56. The van der Waals surface area contributed by atoms with E-state index in [2.05, 4.69) is 65.5 Å². The van der Waals surface area contributed by atoms with Gasteiger partial charge in [0.1, 0.15) is 5.60 Å². The summed E-state index contributed by atoms with van der Waals surface area (Å²) < 4.78 is 9.97. The summed E-state index contributed by atoms with van der Waals surface area (Å²) in [7, 11) is 1.28. The van der Waals surface area contributed by atoms with Crippen molar-refractivity contribution in [1.29, 1.82) is 0 Å². The third kappa shape index (κ3) is 14.8. The molecule has 4 heterocycles. The lowest BCUT2D eigenvalue weighted by atomic mass is 10.1. The molecule has 0 saturated carbocycles. The van der Waals surface area contributed by atoms with E-state index in [0.717, 1.165) is 78.7 Å². The summed E-state index contributed by atoms with van der Waals surface area (Å²) in [4.78, 5) is 55.1. The van der Waals surface area contributed by atoms with E-state index in [9.17, 15) is 24.6 Å². The number of carbonyl (C=O) groups excluding carboxylic acids is 3. The van der Waals surface area contributed by atoms with Crippen LogP contribution in [-0.2, 0) is 35.4 Å². The second kappa shape index (κ2) is 25.6. The highest BCUT2D eigenvalue weighted by Gasteiger charge is 2.32. The molecule has 2 aliphatic carbocycles. The molecule has 0 bridgehead atoms. The number of hydrogen-bond donors (Lipinski definition) is 9. The molecule has 19 heteroatoms. The fourth-order valence-electron chi connectivity index (χ4n) is 10.00. The highest BCUT2D eigenvalue weighted by atomic mass is 16.6. The fourth-order valence-corrected chi connectivity index (χ4v) is 10.00. The van der Waals surface area contributed by atoms with Crippen molar-refractivity contribution in [2.75, 3.05) is 44.8 Å². The van der Waals surface area contributed by atoms with Gasteiger partial charge in [-0.2, -0.15) is 0 Å². The molecule has 406 valence electrons. The number of benzene rings is 4. The first-order valence-electron chi connectivity index (χ1n) is 26.3. The van der Waals surface area contributed by atoms with Gasteiger partial charge in [-0.25, -0.2) is 29.5 Å². The lowest BCUT2D eigenvalue weighted by Gasteiger charge is -2.32. The number of nitrogen functional groups attached to an aromatic ring is 2. The lowest BCUT2D eigenvalue weighted by Crippen LogP contribution is -2.47. The van der Waals surface area contributed by atoms with E-state index >= 15 is 0 Å². The van der Waals surface area contributed by atoms with Crippen molar-refractivity contribution < 1.29 is 34.1 Å². The van der Waals surface area contributed by atoms with Crippen molar-refractivity contribution >= 4 is 29.6 Å². The number of aliphatic hydroxyl groups excluding tert-OH is 2. The van der Waals surface area contributed by atoms with Gasteiger partial charge in [-0.1, -0.05) is 84.9 Å². The molecule has 19 nitrogen and oxygen atoms in total. The summed E-state index contributed by atoms with van der Waals surface area (Å²) in [6.45, 7) is 9.88. The second-order valence-corrected chi connectivity index (χ2v) is 20.9. The van der Waals surface area contributed by atoms with E-state index in [1.807, 2.05) is 93.6 Å². The molecule has 0 unspecified atom stereocenters. The molecule has 77 heavy (non-hydrogen) atoms. The van der Waals surface area contributed by atoms with Crippen LogP contribution in [0.1, 0.15) is 113 Å². The zero-order valence-corrected chi connectivity index (χ0v) is 44.2. The van der Waals surface area contributed by atoms with E-state index < -0.39 is 23.8 Å². The number of aliphatic hydroxyl groups is 2. The number of methoxy groups -OCH3 is 1. The molecule has 2 aliphatic heterocycles. The van der Waals surface area contributed by atoms with Crippen LogP contribution in [0.25, 0.3) is 22.5 Å². The monoisotopic (exact) mass is 1050 g/mol. The Kier molecular flexibility index (Phi) is 18.6. The molecular formula is C58H72N12O7. The third-order valence-electron chi connectivity index (χ3n) is 13.8. The number of nitrogens with one attached hydrogen (secondary N) is 4. The molecule has 0 radical (unpaired) electrons. The molecule has 4 aliphatic rings. The number of likely N-dealkylation sites (tertiary alicyclic amines) is 1. The molecule has 2 amide bonds. The van der Waals surface area contributed by atoms with Crippen molar-refractivity contribution in [1.82, 2.24) is 46.1 Å². The van der Waals surface area contributed by atoms with Crippen molar-refractivity contribution in [3.8, 4) is 22.5 Å². The van der Waals surface area contributed by atoms with Crippen LogP contribution in [0.5, 0.6) is 0 Å². The molecule has 2 fully saturated rings. The average Bonchev–Trinajstić information content (AvgIpc) is 3.93. The van der Waals surface area contributed by atoms with Crippen molar-refractivity contribution in [3.05, 3.63) is 154 Å². The Morgan fingerprint density at radius 1 is 0.740 bits per heavy atom. The Labute approximate surface area is 449 Å². The number of nitrogens with two attached hydrogens (primary N) is 3. The van der Waals surface area contributed by atoms with Gasteiger partial charge in [-0.05, 0) is 98.5 Å². The van der Waals surface area contributed by atoms with Gasteiger partial charge in [-0.15, -0.1) is 0 Å². The molecule has 12 N–H and O–H groups in total. The SMILES string of the molecule is CC(C)(C)OC(=O)N1CCC[C@H](N)C1.COC(=O)c1nc(-c2cccc(CN[C@@H]3c4ccccc4C[C@@H]3O)c2)cnc1N.Nc1ncc(-c2cccc(CN[C@@H]3c4ccccc4C[C@@H]3O)c2)nc1C(=O)N[C@H]1CCCNC1. The van der Waals surface area contributed by atoms with Gasteiger partial charge >= 0.3 is 12.1 Å². The van der Waals surface area contributed by atoms with E-state index in [-0.39, 0.29) is 59.2 Å². The Hall–Kier alpha value is -7.39. The molecule has 2 aromatic heterocycles. The molecule has 6 aromatic rings. The van der Waals surface area contributed by atoms with Crippen molar-refractivity contribution in [3.63, 3.8) is 0 Å². The Morgan fingerprint density at radius 2 is 1.29 bits per heavy atom. The number of piperidine rings is 2. The number of esters is 1. The maximum Gasteiger partial charge on any atom is 0.410 e. The number of carbonyl (C=O) groups is 3. The van der Waals surface area contributed by atoms with E-state index in [1.165, 1.54) is 24.4 Å². The van der Waals surface area contributed by atoms with Crippen LogP contribution in [0, 0.1) is 0 Å². The van der Waals surface area contributed by atoms with Crippen LogP contribution in [-0.4, -0.2) is 116 Å². The van der Waals surface area contributed by atoms with E-state index in [0.29, 0.717) is 43.9 Å². The first-order chi connectivity index (χ1) is 37.0. The van der Waals surface area contributed by atoms with Gasteiger partial charge < -0.3 is 63.1 Å². The number of hydrogen-bond acceptors (Lipinski definition) is 17. The Bertz CT molecular complexity index is 3000. The molecular weight excluding hydrogens is 977 g/mol.